The van der Waals surface area contributed by atoms with E-state index < -0.39 is 34.8 Å². The summed E-state index contributed by atoms with van der Waals surface area (Å²) in [6, 6.07) is 10.5. The summed E-state index contributed by atoms with van der Waals surface area (Å²) in [6.07, 6.45) is -3.95. The van der Waals surface area contributed by atoms with Crippen LogP contribution in [-0.2, 0) is 16.4 Å². The molecule has 2 atom stereocenters. The number of hydrogen-bond acceptors (Lipinski definition) is 6. The summed E-state index contributed by atoms with van der Waals surface area (Å²) in [4.78, 5) is 0.104. The van der Waals surface area contributed by atoms with Gasteiger partial charge < -0.3 is 25.3 Å². The van der Waals surface area contributed by atoms with Crippen molar-refractivity contribution in [3.8, 4) is 17.6 Å². The SMILES string of the molecule is CCOc1cc(S(C)(=O)=O)ccc1NCC#Cc1cc2c(N[C@@H]3CCNC[C@@H]3F)cccc2n1CC(F)(F)F. The number of benzene rings is 2. The summed E-state index contributed by atoms with van der Waals surface area (Å²) >= 11 is 0. The number of halogens is 4. The molecule has 7 nitrogen and oxygen atoms in total. The number of rotatable bonds is 8. The Morgan fingerprint density at radius 2 is 1.97 bits per heavy atom. The smallest absolute Gasteiger partial charge is 0.406 e. The number of sulfone groups is 1. The van der Waals surface area contributed by atoms with E-state index >= 15 is 0 Å². The summed E-state index contributed by atoms with van der Waals surface area (Å²) in [6.45, 7) is 1.77. The van der Waals surface area contributed by atoms with Crippen LogP contribution in [0.15, 0.2) is 47.4 Å². The van der Waals surface area contributed by atoms with Crippen LogP contribution in [0.1, 0.15) is 19.0 Å². The molecule has 0 saturated carbocycles. The minimum absolute atomic E-state index is 0.0650. The molecule has 3 aromatic rings. The van der Waals surface area contributed by atoms with Crippen molar-refractivity contribution in [3.05, 3.63) is 48.2 Å². The first kappa shape index (κ1) is 28.6. The third-order valence-corrected chi connectivity index (χ3v) is 7.41. The maximum atomic E-state index is 14.4. The molecule has 0 aliphatic carbocycles. The number of piperidine rings is 1. The number of ether oxygens (including phenoxy) is 1. The maximum Gasteiger partial charge on any atom is 0.406 e. The zero-order valence-electron chi connectivity index (χ0n) is 21.5. The van der Waals surface area contributed by atoms with Crippen LogP contribution in [0.25, 0.3) is 10.9 Å². The van der Waals surface area contributed by atoms with Crippen molar-refractivity contribution in [2.24, 2.45) is 0 Å². The van der Waals surface area contributed by atoms with E-state index in [0.717, 1.165) is 10.8 Å². The Bertz CT molecular complexity index is 1490. The maximum absolute atomic E-state index is 14.4. The average Bonchev–Trinajstić information content (AvgIpc) is 3.20. The van der Waals surface area contributed by atoms with Gasteiger partial charge in [0.15, 0.2) is 9.84 Å². The van der Waals surface area contributed by atoms with Gasteiger partial charge in [0.05, 0.1) is 41.0 Å². The van der Waals surface area contributed by atoms with E-state index in [1.807, 2.05) is 0 Å². The van der Waals surface area contributed by atoms with Crippen molar-refractivity contribution < 1.29 is 30.7 Å². The molecule has 0 bridgehead atoms. The van der Waals surface area contributed by atoms with Crippen molar-refractivity contribution in [1.82, 2.24) is 9.88 Å². The van der Waals surface area contributed by atoms with Crippen LogP contribution in [0.4, 0.5) is 28.9 Å². The van der Waals surface area contributed by atoms with Gasteiger partial charge in [0.1, 0.15) is 18.5 Å². The van der Waals surface area contributed by atoms with Crippen molar-refractivity contribution in [2.75, 3.05) is 43.1 Å². The number of aromatic nitrogens is 1. The molecule has 0 radical (unpaired) electrons. The lowest BCUT2D eigenvalue weighted by Crippen LogP contribution is -2.45. The summed E-state index contributed by atoms with van der Waals surface area (Å²) in [7, 11) is -3.43. The lowest BCUT2D eigenvalue weighted by molar-refractivity contribution is -0.140. The first-order chi connectivity index (χ1) is 18.5. The van der Waals surface area contributed by atoms with Crippen LogP contribution in [-0.4, -0.2) is 63.9 Å². The zero-order valence-corrected chi connectivity index (χ0v) is 22.3. The lowest BCUT2D eigenvalue weighted by Gasteiger charge is -2.28. The molecular formula is C27H30F4N4O3S. The van der Waals surface area contributed by atoms with Gasteiger partial charge in [-0.3, -0.25) is 0 Å². The first-order valence-corrected chi connectivity index (χ1v) is 14.4. The van der Waals surface area contributed by atoms with E-state index in [1.54, 1.807) is 37.3 Å². The summed E-state index contributed by atoms with van der Waals surface area (Å²) in [5, 5.41) is 9.72. The Balaban J connectivity index is 1.61. The molecular weight excluding hydrogens is 536 g/mol. The average molecular weight is 567 g/mol. The van der Waals surface area contributed by atoms with E-state index in [-0.39, 0.29) is 23.7 Å². The molecule has 0 spiro atoms. The van der Waals surface area contributed by atoms with Crippen LogP contribution >= 0.6 is 0 Å². The number of anilines is 2. The molecule has 0 unspecified atom stereocenters. The number of fused-ring (bicyclic) bond motifs is 1. The highest BCUT2D eigenvalue weighted by atomic mass is 32.2. The van der Waals surface area contributed by atoms with Crippen molar-refractivity contribution in [1.29, 1.82) is 0 Å². The molecule has 4 rings (SSSR count). The fourth-order valence-corrected chi connectivity index (χ4v) is 5.11. The summed E-state index contributed by atoms with van der Waals surface area (Å²) in [5.74, 6) is 6.00. The highest BCUT2D eigenvalue weighted by Gasteiger charge is 2.30. The molecule has 2 heterocycles. The van der Waals surface area contributed by atoms with Crippen LogP contribution in [0, 0.1) is 11.8 Å². The van der Waals surface area contributed by atoms with Gasteiger partial charge in [-0.15, -0.1) is 0 Å². The van der Waals surface area contributed by atoms with Gasteiger partial charge in [0, 0.05) is 29.9 Å². The molecule has 1 saturated heterocycles. The number of nitrogens with one attached hydrogen (secondary N) is 3. The van der Waals surface area contributed by atoms with Crippen LogP contribution < -0.4 is 20.7 Å². The highest BCUT2D eigenvalue weighted by molar-refractivity contribution is 7.90. The predicted octanol–water partition coefficient (Wildman–Crippen LogP) is 4.58. The molecule has 39 heavy (non-hydrogen) atoms. The molecule has 3 N–H and O–H groups in total. The fourth-order valence-electron chi connectivity index (χ4n) is 4.47. The van der Waals surface area contributed by atoms with Gasteiger partial charge in [0.2, 0.25) is 0 Å². The van der Waals surface area contributed by atoms with Gasteiger partial charge in [0.25, 0.3) is 0 Å². The minimum atomic E-state index is -4.48. The third kappa shape index (κ3) is 7.16. The van der Waals surface area contributed by atoms with E-state index in [1.165, 1.54) is 12.1 Å². The van der Waals surface area contributed by atoms with Crippen molar-refractivity contribution >= 4 is 32.1 Å². The molecule has 210 valence electrons. The largest absolute Gasteiger partial charge is 0.492 e. The van der Waals surface area contributed by atoms with Gasteiger partial charge in [-0.05, 0) is 56.1 Å². The molecule has 0 amide bonds. The van der Waals surface area contributed by atoms with Gasteiger partial charge >= 0.3 is 6.18 Å². The second-order valence-electron chi connectivity index (χ2n) is 9.25. The Kier molecular flexibility index (Phi) is 8.61. The quantitative estimate of drug-likeness (QED) is 0.274. The van der Waals surface area contributed by atoms with Crippen molar-refractivity contribution in [3.63, 3.8) is 0 Å². The highest BCUT2D eigenvalue weighted by Crippen LogP contribution is 2.31. The zero-order chi connectivity index (χ0) is 28.2. The van der Waals surface area contributed by atoms with Gasteiger partial charge in [-0.1, -0.05) is 12.0 Å². The summed E-state index contributed by atoms with van der Waals surface area (Å²) < 4.78 is 85.2. The molecule has 12 heteroatoms. The molecule has 1 aromatic heterocycles. The topological polar surface area (TPSA) is 84.4 Å². The Morgan fingerprint density at radius 3 is 2.67 bits per heavy atom. The van der Waals surface area contributed by atoms with E-state index in [9.17, 15) is 26.0 Å². The molecule has 1 aliphatic rings. The monoisotopic (exact) mass is 566 g/mol. The van der Waals surface area contributed by atoms with Crippen LogP contribution in [0.3, 0.4) is 0 Å². The standard InChI is InChI=1S/C27H30F4N4O3S/c1-3-38-26-15-19(39(2,36)37)9-10-24(26)33-12-5-6-18-14-20-22(34-23-11-13-32-16-21(23)28)7-4-8-25(20)35(18)17-27(29,30)31/h4,7-10,14-15,21,23,32-34H,3,11-13,16-17H2,1-2H3/t21-,23+/m0/s1. The molecule has 2 aromatic carbocycles. The first-order valence-electron chi connectivity index (χ1n) is 12.5. The Hall–Kier alpha value is -3.43. The second kappa shape index (κ2) is 11.8. The van der Waals surface area contributed by atoms with Gasteiger partial charge in [-0.25, -0.2) is 12.8 Å². The number of nitrogens with zero attached hydrogens (tertiary/aromatic N) is 1. The Labute approximate surface area is 224 Å². The third-order valence-electron chi connectivity index (χ3n) is 6.30. The van der Waals surface area contributed by atoms with E-state index in [2.05, 4.69) is 27.8 Å². The summed E-state index contributed by atoms with van der Waals surface area (Å²) in [5.41, 5.74) is 1.56. The lowest BCUT2D eigenvalue weighted by atomic mass is 10.0. The van der Waals surface area contributed by atoms with E-state index in [4.69, 9.17) is 4.74 Å². The fraction of sp³-hybridized carbons (Fsp3) is 0.407. The molecule has 1 aliphatic heterocycles. The minimum Gasteiger partial charge on any atom is -0.492 e. The van der Waals surface area contributed by atoms with E-state index in [0.29, 0.717) is 47.6 Å². The van der Waals surface area contributed by atoms with Crippen molar-refractivity contribution in [2.45, 2.75) is 43.2 Å². The second-order valence-corrected chi connectivity index (χ2v) is 11.3. The van der Waals surface area contributed by atoms with Crippen LogP contribution in [0.5, 0.6) is 5.75 Å². The number of hydrogen-bond donors (Lipinski definition) is 3. The number of alkyl halides is 4. The molecule has 1 fully saturated rings. The normalized spacial score (nSPS) is 17.9. The van der Waals surface area contributed by atoms with Crippen LogP contribution in [0.2, 0.25) is 0 Å². The van der Waals surface area contributed by atoms with Gasteiger partial charge in [-0.2, -0.15) is 13.2 Å². The Morgan fingerprint density at radius 1 is 1.18 bits per heavy atom. The predicted molar refractivity (Wildman–Crippen MR) is 144 cm³/mol.